The van der Waals surface area contributed by atoms with E-state index in [4.69, 9.17) is 4.74 Å². The number of nitrogens with one attached hydrogen (secondary N) is 1. The van der Waals surface area contributed by atoms with E-state index in [1.54, 1.807) is 25.1 Å². The number of carbonyl (C=O) groups is 1. The number of nitro benzene ring substituents is 1. The SMILES string of the molecule is CC(C)C1CC[C@@H](C)C[C@H]1OC(=O)[C@H](C)Nc1ccccc1[N+](=O)[O-]. The largest absolute Gasteiger partial charge is 0.461 e. The van der Waals surface area contributed by atoms with Gasteiger partial charge in [0.05, 0.1) is 4.92 Å². The van der Waals surface area contributed by atoms with Crippen molar-refractivity contribution in [1.29, 1.82) is 0 Å². The molecule has 6 nitrogen and oxygen atoms in total. The second-order valence-corrected chi connectivity index (χ2v) is 7.44. The number of nitro groups is 1. The molecule has 2 rings (SSSR count). The lowest BCUT2D eigenvalue weighted by Gasteiger charge is -2.37. The Morgan fingerprint density at radius 3 is 2.60 bits per heavy atom. The summed E-state index contributed by atoms with van der Waals surface area (Å²) >= 11 is 0. The van der Waals surface area contributed by atoms with Crippen LogP contribution in [0.4, 0.5) is 11.4 Å². The van der Waals surface area contributed by atoms with Crippen LogP contribution >= 0.6 is 0 Å². The van der Waals surface area contributed by atoms with Gasteiger partial charge in [-0.15, -0.1) is 0 Å². The van der Waals surface area contributed by atoms with E-state index in [-0.39, 0.29) is 17.8 Å². The minimum Gasteiger partial charge on any atom is -0.461 e. The first-order valence-corrected chi connectivity index (χ1v) is 9.00. The average molecular weight is 348 g/mol. The van der Waals surface area contributed by atoms with Crippen LogP contribution in [-0.2, 0) is 9.53 Å². The van der Waals surface area contributed by atoms with E-state index in [0.29, 0.717) is 23.4 Å². The highest BCUT2D eigenvalue weighted by molar-refractivity contribution is 5.80. The van der Waals surface area contributed by atoms with Gasteiger partial charge in [0.25, 0.3) is 5.69 Å². The minimum absolute atomic E-state index is 0.0477. The van der Waals surface area contributed by atoms with Crippen molar-refractivity contribution in [2.24, 2.45) is 17.8 Å². The summed E-state index contributed by atoms with van der Waals surface area (Å²) in [4.78, 5) is 23.2. The van der Waals surface area contributed by atoms with Crippen molar-refractivity contribution in [3.8, 4) is 0 Å². The zero-order valence-electron chi connectivity index (χ0n) is 15.4. The van der Waals surface area contributed by atoms with Gasteiger partial charge in [-0.1, -0.05) is 39.3 Å². The number of hydrogen-bond acceptors (Lipinski definition) is 5. The van der Waals surface area contributed by atoms with E-state index in [9.17, 15) is 14.9 Å². The van der Waals surface area contributed by atoms with E-state index in [2.05, 4.69) is 26.1 Å². The van der Waals surface area contributed by atoms with Gasteiger partial charge >= 0.3 is 5.97 Å². The summed E-state index contributed by atoms with van der Waals surface area (Å²) in [6.45, 7) is 8.19. The molecule has 0 spiro atoms. The number of esters is 1. The number of carbonyl (C=O) groups excluding carboxylic acids is 1. The third-order valence-corrected chi connectivity index (χ3v) is 5.06. The lowest BCUT2D eigenvalue weighted by atomic mass is 9.75. The number of para-hydroxylation sites is 2. The van der Waals surface area contributed by atoms with E-state index in [0.717, 1.165) is 12.8 Å². The van der Waals surface area contributed by atoms with E-state index >= 15 is 0 Å². The molecule has 0 aromatic heterocycles. The molecular formula is C19H28N2O4. The molecule has 1 aromatic carbocycles. The van der Waals surface area contributed by atoms with Gasteiger partial charge < -0.3 is 10.1 Å². The molecule has 1 unspecified atom stereocenters. The molecule has 1 aliphatic rings. The second-order valence-electron chi connectivity index (χ2n) is 7.44. The van der Waals surface area contributed by atoms with Crippen LogP contribution in [-0.4, -0.2) is 23.0 Å². The highest BCUT2D eigenvalue weighted by Crippen LogP contribution is 2.35. The van der Waals surface area contributed by atoms with E-state index < -0.39 is 11.0 Å². The molecule has 0 bridgehead atoms. The molecule has 0 radical (unpaired) electrons. The fraction of sp³-hybridized carbons (Fsp3) is 0.632. The summed E-state index contributed by atoms with van der Waals surface area (Å²) in [5.41, 5.74) is 0.280. The second kappa shape index (κ2) is 8.32. The van der Waals surface area contributed by atoms with Gasteiger partial charge in [-0.3, -0.25) is 10.1 Å². The molecule has 138 valence electrons. The molecule has 1 fully saturated rings. The Morgan fingerprint density at radius 2 is 1.96 bits per heavy atom. The van der Waals surface area contributed by atoms with Gasteiger partial charge in [-0.05, 0) is 43.6 Å². The fourth-order valence-corrected chi connectivity index (χ4v) is 3.55. The van der Waals surface area contributed by atoms with Crippen LogP contribution in [0.5, 0.6) is 0 Å². The van der Waals surface area contributed by atoms with Gasteiger partial charge in [0.2, 0.25) is 0 Å². The summed E-state index contributed by atoms with van der Waals surface area (Å²) in [7, 11) is 0. The first-order valence-electron chi connectivity index (χ1n) is 9.00. The normalized spacial score (nSPS) is 24.6. The third-order valence-electron chi connectivity index (χ3n) is 5.06. The predicted octanol–water partition coefficient (Wildman–Crippen LogP) is 4.40. The molecule has 6 heteroatoms. The molecule has 0 amide bonds. The van der Waals surface area contributed by atoms with Crippen molar-refractivity contribution in [3.05, 3.63) is 34.4 Å². The summed E-state index contributed by atoms with van der Waals surface area (Å²) in [5, 5.41) is 14.0. The molecule has 0 heterocycles. The van der Waals surface area contributed by atoms with Crippen molar-refractivity contribution in [1.82, 2.24) is 0 Å². The highest BCUT2D eigenvalue weighted by atomic mass is 16.6. The van der Waals surface area contributed by atoms with Gasteiger partial charge in [0.15, 0.2) is 0 Å². The Bertz CT molecular complexity index is 617. The fourth-order valence-electron chi connectivity index (χ4n) is 3.55. The van der Waals surface area contributed by atoms with Crippen LogP contribution in [0.3, 0.4) is 0 Å². The van der Waals surface area contributed by atoms with Gasteiger partial charge in [0, 0.05) is 6.07 Å². The number of nitrogens with zero attached hydrogens (tertiary/aromatic N) is 1. The molecule has 1 N–H and O–H groups in total. The van der Waals surface area contributed by atoms with E-state index in [1.807, 2.05) is 0 Å². The van der Waals surface area contributed by atoms with Crippen LogP contribution in [0.15, 0.2) is 24.3 Å². The number of hydrogen-bond donors (Lipinski definition) is 1. The minimum atomic E-state index is -0.647. The first-order chi connectivity index (χ1) is 11.8. The Labute approximate surface area is 149 Å². The zero-order valence-corrected chi connectivity index (χ0v) is 15.4. The summed E-state index contributed by atoms with van der Waals surface area (Å²) in [6, 6.07) is 5.67. The van der Waals surface area contributed by atoms with Crippen molar-refractivity contribution in [3.63, 3.8) is 0 Å². The molecule has 4 atom stereocenters. The lowest BCUT2D eigenvalue weighted by molar-refractivity contribution is -0.384. The lowest BCUT2D eigenvalue weighted by Crippen LogP contribution is -2.39. The number of anilines is 1. The Kier molecular flexibility index (Phi) is 6.39. The van der Waals surface area contributed by atoms with E-state index in [1.165, 1.54) is 12.5 Å². The predicted molar refractivity (Wildman–Crippen MR) is 97.4 cm³/mol. The molecule has 1 saturated carbocycles. The zero-order chi connectivity index (χ0) is 18.6. The van der Waals surface area contributed by atoms with Gasteiger partial charge in [-0.25, -0.2) is 4.79 Å². The maximum absolute atomic E-state index is 12.5. The molecule has 25 heavy (non-hydrogen) atoms. The van der Waals surface area contributed by atoms with Crippen molar-refractivity contribution in [2.75, 3.05) is 5.32 Å². The van der Waals surface area contributed by atoms with Crippen LogP contribution in [0, 0.1) is 27.9 Å². The van der Waals surface area contributed by atoms with Crippen molar-refractivity contribution in [2.45, 2.75) is 59.1 Å². The monoisotopic (exact) mass is 348 g/mol. The van der Waals surface area contributed by atoms with Gasteiger partial charge in [-0.2, -0.15) is 0 Å². The Morgan fingerprint density at radius 1 is 1.28 bits per heavy atom. The van der Waals surface area contributed by atoms with Crippen molar-refractivity contribution < 1.29 is 14.5 Å². The Hall–Kier alpha value is -2.11. The average Bonchev–Trinajstić information content (AvgIpc) is 2.54. The molecule has 0 saturated heterocycles. The quantitative estimate of drug-likeness (QED) is 0.468. The molecule has 1 aliphatic carbocycles. The standard InChI is InChI=1S/C19H28N2O4/c1-12(2)15-10-9-13(3)11-18(15)25-19(22)14(4)20-16-7-5-6-8-17(16)21(23)24/h5-8,12-15,18,20H,9-11H2,1-4H3/t13-,14+,15?,18-/m1/s1. The van der Waals surface area contributed by atoms with Crippen LogP contribution in [0.2, 0.25) is 0 Å². The number of rotatable bonds is 6. The highest BCUT2D eigenvalue weighted by Gasteiger charge is 2.34. The number of ether oxygens (including phenoxy) is 1. The first kappa shape index (κ1) is 19.2. The smallest absolute Gasteiger partial charge is 0.328 e. The third kappa shape index (κ3) is 4.94. The van der Waals surface area contributed by atoms with Crippen LogP contribution in [0.25, 0.3) is 0 Å². The molecular weight excluding hydrogens is 320 g/mol. The topological polar surface area (TPSA) is 81.5 Å². The summed E-state index contributed by atoms with van der Waals surface area (Å²) < 4.78 is 5.80. The van der Waals surface area contributed by atoms with Crippen molar-refractivity contribution >= 4 is 17.3 Å². The summed E-state index contributed by atoms with van der Waals surface area (Å²) in [5.74, 6) is 1.02. The molecule has 1 aromatic rings. The Balaban J connectivity index is 2.03. The summed E-state index contributed by atoms with van der Waals surface area (Å²) in [6.07, 6.45) is 3.04. The maximum atomic E-state index is 12.5. The number of benzene rings is 1. The van der Waals surface area contributed by atoms with Gasteiger partial charge in [0.1, 0.15) is 17.8 Å². The molecule has 0 aliphatic heterocycles. The maximum Gasteiger partial charge on any atom is 0.328 e. The van der Waals surface area contributed by atoms with Crippen LogP contribution < -0.4 is 5.32 Å². The van der Waals surface area contributed by atoms with Crippen LogP contribution in [0.1, 0.15) is 47.0 Å².